The van der Waals surface area contributed by atoms with Crippen molar-refractivity contribution < 1.29 is 9.31 Å². The molecule has 0 atom stereocenters. The zero-order valence-corrected chi connectivity index (χ0v) is 19.4. The van der Waals surface area contributed by atoms with Gasteiger partial charge in [0.05, 0.1) is 34.5 Å². The zero-order chi connectivity index (χ0) is 22.3. The number of aromatic nitrogens is 5. The minimum Gasteiger partial charge on any atom is -0.399 e. The van der Waals surface area contributed by atoms with E-state index in [2.05, 4.69) is 72.6 Å². The largest absolute Gasteiger partial charge is 0.496 e. The van der Waals surface area contributed by atoms with E-state index in [0.717, 1.165) is 26.1 Å². The van der Waals surface area contributed by atoms with Gasteiger partial charge in [0.25, 0.3) is 0 Å². The quantitative estimate of drug-likeness (QED) is 0.453. The molecule has 1 saturated heterocycles. The second kappa shape index (κ2) is 7.95. The molecule has 1 fully saturated rings. The molecule has 1 N–H and O–H groups in total. The molecule has 0 saturated carbocycles. The van der Waals surface area contributed by atoms with Crippen LogP contribution in [0.1, 0.15) is 27.7 Å². The van der Waals surface area contributed by atoms with Crippen molar-refractivity contribution in [2.24, 2.45) is 0 Å². The Bertz CT molecular complexity index is 1220. The molecule has 32 heavy (non-hydrogen) atoms. The van der Waals surface area contributed by atoms with E-state index < -0.39 is 7.12 Å². The van der Waals surface area contributed by atoms with Crippen LogP contribution >= 0.6 is 11.3 Å². The number of fused-ring (bicyclic) bond motifs is 1. The summed E-state index contributed by atoms with van der Waals surface area (Å²) >= 11 is 1.69. The van der Waals surface area contributed by atoms with Gasteiger partial charge in [-0.15, -0.1) is 16.4 Å². The van der Waals surface area contributed by atoms with E-state index in [1.54, 1.807) is 28.4 Å². The predicted octanol–water partition coefficient (Wildman–Crippen LogP) is 3.36. The van der Waals surface area contributed by atoms with Gasteiger partial charge in [0.15, 0.2) is 0 Å². The second-order valence-corrected chi connectivity index (χ2v) is 9.88. The van der Waals surface area contributed by atoms with E-state index in [1.807, 2.05) is 12.3 Å². The van der Waals surface area contributed by atoms with Crippen LogP contribution in [0.25, 0.3) is 20.7 Å². The molecule has 1 aromatic carbocycles. The SMILES string of the molecule is CC1(C)OB(c2cccc3cc(-c4ccnc(NCCn5ccnn5)n4)sc23)OC1(C)C. The molecule has 8 nitrogen and oxygen atoms in total. The van der Waals surface area contributed by atoms with Crippen molar-refractivity contribution in [3.8, 4) is 10.6 Å². The number of nitrogens with one attached hydrogen (secondary N) is 1. The van der Waals surface area contributed by atoms with E-state index in [1.165, 1.54) is 0 Å². The number of hydrogen-bond acceptors (Lipinski definition) is 8. The fraction of sp³-hybridized carbons (Fsp3) is 0.364. The van der Waals surface area contributed by atoms with Crippen molar-refractivity contribution in [1.29, 1.82) is 0 Å². The number of thiophene rings is 1. The van der Waals surface area contributed by atoms with E-state index in [9.17, 15) is 0 Å². The van der Waals surface area contributed by atoms with E-state index in [4.69, 9.17) is 14.3 Å². The molecule has 164 valence electrons. The fourth-order valence-electron chi connectivity index (χ4n) is 3.58. The number of anilines is 1. The smallest absolute Gasteiger partial charge is 0.399 e. The van der Waals surface area contributed by atoms with Crippen molar-refractivity contribution in [2.75, 3.05) is 11.9 Å². The molecule has 0 aliphatic carbocycles. The van der Waals surface area contributed by atoms with Crippen molar-refractivity contribution in [2.45, 2.75) is 45.4 Å². The molecule has 0 unspecified atom stereocenters. The van der Waals surface area contributed by atoms with Crippen LogP contribution in [0.5, 0.6) is 0 Å². The van der Waals surface area contributed by atoms with Crippen LogP contribution in [0.2, 0.25) is 0 Å². The molecule has 0 radical (unpaired) electrons. The fourth-order valence-corrected chi connectivity index (χ4v) is 4.73. The van der Waals surface area contributed by atoms with Crippen LogP contribution in [-0.2, 0) is 15.9 Å². The summed E-state index contributed by atoms with van der Waals surface area (Å²) in [5, 5.41) is 12.2. The summed E-state index contributed by atoms with van der Waals surface area (Å²) in [7, 11) is -0.394. The highest BCUT2D eigenvalue weighted by atomic mass is 32.1. The summed E-state index contributed by atoms with van der Waals surface area (Å²) in [6, 6.07) is 10.3. The van der Waals surface area contributed by atoms with Crippen LogP contribution in [0, 0.1) is 0 Å². The molecule has 5 rings (SSSR count). The number of nitrogens with zero attached hydrogens (tertiary/aromatic N) is 5. The van der Waals surface area contributed by atoms with Crippen LogP contribution in [0.3, 0.4) is 0 Å². The first-order valence-corrected chi connectivity index (χ1v) is 11.4. The second-order valence-electron chi connectivity index (χ2n) is 8.82. The Morgan fingerprint density at radius 1 is 1.09 bits per heavy atom. The zero-order valence-electron chi connectivity index (χ0n) is 18.6. The molecule has 1 aliphatic heterocycles. The lowest BCUT2D eigenvalue weighted by Gasteiger charge is -2.32. The molecule has 1 aliphatic rings. The summed E-state index contributed by atoms with van der Waals surface area (Å²) in [4.78, 5) is 10.1. The highest BCUT2D eigenvalue weighted by molar-refractivity contribution is 7.23. The first kappa shape index (κ1) is 21.1. The Balaban J connectivity index is 1.39. The van der Waals surface area contributed by atoms with Gasteiger partial charge in [-0.3, -0.25) is 4.68 Å². The number of hydrogen-bond donors (Lipinski definition) is 1. The van der Waals surface area contributed by atoms with Gasteiger partial charge in [0, 0.05) is 29.1 Å². The molecule has 4 heterocycles. The van der Waals surface area contributed by atoms with Crippen molar-refractivity contribution in [1.82, 2.24) is 25.0 Å². The maximum atomic E-state index is 6.30. The molecule has 4 aromatic rings. The van der Waals surface area contributed by atoms with Crippen molar-refractivity contribution in [3.05, 3.63) is 48.9 Å². The predicted molar refractivity (Wildman–Crippen MR) is 127 cm³/mol. The first-order valence-electron chi connectivity index (χ1n) is 10.6. The third-order valence-corrected chi connectivity index (χ3v) is 7.31. The molecular formula is C22H25BN6O2S. The van der Waals surface area contributed by atoms with Gasteiger partial charge in [-0.2, -0.15) is 0 Å². The minimum atomic E-state index is -0.394. The summed E-state index contributed by atoms with van der Waals surface area (Å²) in [6.07, 6.45) is 5.27. The summed E-state index contributed by atoms with van der Waals surface area (Å²) < 4.78 is 15.5. The standard InChI is InChI=1S/C22H25BN6O2S/c1-21(2)22(3,4)31-23(30-21)16-7-5-6-15-14-18(32-19(15)16)17-8-9-24-20(27-17)25-10-12-29-13-11-26-28-29/h5-9,11,13-14H,10,12H2,1-4H3,(H,24,25,27). The van der Waals surface area contributed by atoms with Gasteiger partial charge in [-0.05, 0) is 45.2 Å². The number of benzene rings is 1. The molecular weight excluding hydrogens is 423 g/mol. The Morgan fingerprint density at radius 2 is 1.91 bits per heavy atom. The third-order valence-electron chi connectivity index (χ3n) is 6.09. The van der Waals surface area contributed by atoms with Crippen molar-refractivity contribution in [3.63, 3.8) is 0 Å². The highest BCUT2D eigenvalue weighted by Gasteiger charge is 2.52. The van der Waals surface area contributed by atoms with Gasteiger partial charge in [-0.25, -0.2) is 9.97 Å². The summed E-state index contributed by atoms with van der Waals surface area (Å²) in [6.45, 7) is 9.65. The maximum absolute atomic E-state index is 6.30. The number of rotatable bonds is 6. The van der Waals surface area contributed by atoms with Gasteiger partial charge in [0.1, 0.15) is 0 Å². The van der Waals surface area contributed by atoms with Gasteiger partial charge < -0.3 is 14.6 Å². The Morgan fingerprint density at radius 3 is 2.66 bits per heavy atom. The van der Waals surface area contributed by atoms with E-state index >= 15 is 0 Å². The van der Waals surface area contributed by atoms with Crippen LogP contribution in [-0.4, -0.2) is 49.8 Å². The monoisotopic (exact) mass is 448 g/mol. The Hall–Kier alpha value is -2.82. The molecule has 3 aromatic heterocycles. The summed E-state index contributed by atoms with van der Waals surface area (Å²) in [5.41, 5.74) is 1.18. The molecule has 0 spiro atoms. The highest BCUT2D eigenvalue weighted by Crippen LogP contribution is 2.38. The van der Waals surface area contributed by atoms with E-state index in [0.29, 0.717) is 19.0 Å². The van der Waals surface area contributed by atoms with E-state index in [-0.39, 0.29) is 11.2 Å². The van der Waals surface area contributed by atoms with Crippen LogP contribution in [0.4, 0.5) is 5.95 Å². The average Bonchev–Trinajstić information content (AvgIpc) is 3.46. The van der Waals surface area contributed by atoms with Gasteiger partial charge in [-0.1, -0.05) is 23.4 Å². The first-order chi connectivity index (χ1) is 15.3. The lowest BCUT2D eigenvalue weighted by Crippen LogP contribution is -2.41. The minimum absolute atomic E-state index is 0.376. The van der Waals surface area contributed by atoms with Gasteiger partial charge in [0.2, 0.25) is 5.95 Å². The molecule has 0 amide bonds. The molecule has 10 heteroatoms. The van der Waals surface area contributed by atoms with Gasteiger partial charge >= 0.3 is 7.12 Å². The normalized spacial score (nSPS) is 17.2. The average molecular weight is 448 g/mol. The van der Waals surface area contributed by atoms with Crippen molar-refractivity contribution >= 4 is 40.0 Å². The summed E-state index contributed by atoms with van der Waals surface area (Å²) in [5.74, 6) is 0.589. The molecule has 0 bridgehead atoms. The Kier molecular flexibility index (Phi) is 5.23. The Labute approximate surface area is 191 Å². The van der Waals surface area contributed by atoms with Crippen LogP contribution in [0.15, 0.2) is 48.9 Å². The lowest BCUT2D eigenvalue weighted by atomic mass is 9.78. The van der Waals surface area contributed by atoms with Crippen LogP contribution < -0.4 is 10.8 Å². The topological polar surface area (TPSA) is 87.0 Å². The maximum Gasteiger partial charge on any atom is 0.496 e. The lowest BCUT2D eigenvalue weighted by molar-refractivity contribution is 0.00578. The third kappa shape index (κ3) is 3.89.